The molecule has 4 nitrogen and oxygen atoms in total. The summed E-state index contributed by atoms with van der Waals surface area (Å²) in [6, 6.07) is 0.520. The van der Waals surface area contributed by atoms with Crippen LogP contribution in [0.2, 0.25) is 0 Å². The largest absolute Gasteiger partial charge is 0.353 e. The van der Waals surface area contributed by atoms with Crippen molar-refractivity contribution in [3.05, 3.63) is 0 Å². The average Bonchev–Trinajstić information content (AvgIpc) is 3.21. The van der Waals surface area contributed by atoms with Gasteiger partial charge in [0.05, 0.1) is 0 Å². The summed E-state index contributed by atoms with van der Waals surface area (Å²) in [4.78, 5) is 24.5. The maximum Gasteiger partial charge on any atom is 0.223 e. The van der Waals surface area contributed by atoms with Gasteiger partial charge in [-0.25, -0.2) is 0 Å². The van der Waals surface area contributed by atoms with E-state index < -0.39 is 0 Å². The first-order chi connectivity index (χ1) is 10.7. The topological polar surface area (TPSA) is 58.2 Å². The highest BCUT2D eigenvalue weighted by molar-refractivity contribution is 5.80. The fraction of sp³-hybridized carbons (Fsp3) is 0.889. The molecule has 2 amide bonds. The number of nitrogens with one attached hydrogen (secondary N) is 2. The lowest BCUT2D eigenvalue weighted by atomic mass is 9.90. The third-order valence-corrected chi connectivity index (χ3v) is 5.82. The maximum absolute atomic E-state index is 12.3. The van der Waals surface area contributed by atoms with E-state index in [1.54, 1.807) is 0 Å². The third kappa shape index (κ3) is 4.02. The molecule has 3 fully saturated rings. The average molecular weight is 306 g/mol. The van der Waals surface area contributed by atoms with Gasteiger partial charge in [-0.1, -0.05) is 25.7 Å². The van der Waals surface area contributed by atoms with Crippen molar-refractivity contribution in [2.24, 2.45) is 11.8 Å². The summed E-state index contributed by atoms with van der Waals surface area (Å²) in [5.74, 6) is 0.998. The van der Waals surface area contributed by atoms with Gasteiger partial charge in [-0.15, -0.1) is 0 Å². The second-order valence-corrected chi connectivity index (χ2v) is 7.54. The van der Waals surface area contributed by atoms with Gasteiger partial charge in [-0.2, -0.15) is 0 Å². The van der Waals surface area contributed by atoms with E-state index in [-0.39, 0.29) is 35.7 Å². The van der Waals surface area contributed by atoms with E-state index in [9.17, 15) is 9.59 Å². The van der Waals surface area contributed by atoms with Crippen molar-refractivity contribution in [2.75, 3.05) is 0 Å². The van der Waals surface area contributed by atoms with Crippen LogP contribution >= 0.6 is 0 Å². The highest BCUT2D eigenvalue weighted by Gasteiger charge is 2.30. The zero-order chi connectivity index (χ0) is 15.4. The highest BCUT2D eigenvalue weighted by atomic mass is 16.2. The zero-order valence-electron chi connectivity index (χ0n) is 13.6. The number of rotatable bonds is 4. The number of hydrogen-bond acceptors (Lipinski definition) is 2. The zero-order valence-corrected chi connectivity index (χ0v) is 13.6. The molecule has 0 saturated heterocycles. The first-order valence-electron chi connectivity index (χ1n) is 9.33. The SMILES string of the molecule is O=C(NC1CCCC(NC(=O)C2CCCC2)C1)C1CCCC1. The third-order valence-electron chi connectivity index (χ3n) is 5.82. The van der Waals surface area contributed by atoms with Gasteiger partial charge >= 0.3 is 0 Å². The van der Waals surface area contributed by atoms with Crippen LogP contribution < -0.4 is 10.6 Å². The van der Waals surface area contributed by atoms with Crippen molar-refractivity contribution in [3.63, 3.8) is 0 Å². The Balaban J connectivity index is 1.44. The van der Waals surface area contributed by atoms with Gasteiger partial charge in [0.15, 0.2) is 0 Å². The number of carbonyl (C=O) groups is 2. The number of amides is 2. The van der Waals surface area contributed by atoms with Gasteiger partial charge in [0, 0.05) is 23.9 Å². The van der Waals surface area contributed by atoms with Crippen LogP contribution in [-0.4, -0.2) is 23.9 Å². The lowest BCUT2D eigenvalue weighted by Gasteiger charge is -2.31. The van der Waals surface area contributed by atoms with Gasteiger partial charge < -0.3 is 10.6 Å². The van der Waals surface area contributed by atoms with Gasteiger partial charge in [0.2, 0.25) is 11.8 Å². The van der Waals surface area contributed by atoms with Gasteiger partial charge in [0.25, 0.3) is 0 Å². The standard InChI is InChI=1S/C18H30N2O2/c21-17(13-6-1-2-7-13)19-15-10-5-11-16(12-15)20-18(22)14-8-3-4-9-14/h13-16H,1-12H2,(H,19,21)(H,20,22). The number of hydrogen-bond donors (Lipinski definition) is 2. The minimum Gasteiger partial charge on any atom is -0.353 e. The molecular weight excluding hydrogens is 276 g/mol. The Kier molecular flexibility index (Phi) is 5.37. The summed E-state index contributed by atoms with van der Waals surface area (Å²) in [6.07, 6.45) is 13.2. The van der Waals surface area contributed by atoms with Crippen LogP contribution in [0, 0.1) is 11.8 Å². The predicted molar refractivity (Wildman–Crippen MR) is 86.2 cm³/mol. The molecule has 2 N–H and O–H groups in total. The van der Waals surface area contributed by atoms with Crippen molar-refractivity contribution in [1.82, 2.24) is 10.6 Å². The quantitative estimate of drug-likeness (QED) is 0.839. The Morgan fingerprint density at radius 3 is 1.41 bits per heavy atom. The molecule has 124 valence electrons. The molecule has 3 rings (SSSR count). The van der Waals surface area contributed by atoms with Crippen LogP contribution in [0.5, 0.6) is 0 Å². The Labute approximate surface area is 133 Å². The van der Waals surface area contributed by atoms with E-state index in [1.807, 2.05) is 0 Å². The smallest absolute Gasteiger partial charge is 0.223 e. The molecule has 0 aliphatic heterocycles. The fourth-order valence-electron chi connectivity index (χ4n) is 4.47. The summed E-state index contributed by atoms with van der Waals surface area (Å²) in [7, 11) is 0. The van der Waals surface area contributed by atoms with E-state index in [4.69, 9.17) is 0 Å². The molecule has 0 radical (unpaired) electrons. The Hall–Kier alpha value is -1.06. The summed E-state index contributed by atoms with van der Waals surface area (Å²) in [5.41, 5.74) is 0. The first kappa shape index (κ1) is 15.8. The molecule has 3 aliphatic carbocycles. The fourth-order valence-corrected chi connectivity index (χ4v) is 4.47. The van der Waals surface area contributed by atoms with Crippen LogP contribution in [0.25, 0.3) is 0 Å². The van der Waals surface area contributed by atoms with E-state index in [0.717, 1.165) is 51.4 Å². The van der Waals surface area contributed by atoms with E-state index >= 15 is 0 Å². The predicted octanol–water partition coefficient (Wildman–Crippen LogP) is 2.91. The lowest BCUT2D eigenvalue weighted by Crippen LogP contribution is -2.47. The van der Waals surface area contributed by atoms with Crippen LogP contribution in [0.15, 0.2) is 0 Å². The number of carbonyl (C=O) groups excluding carboxylic acids is 2. The molecule has 2 atom stereocenters. The second kappa shape index (κ2) is 7.47. The van der Waals surface area contributed by atoms with Crippen molar-refractivity contribution >= 4 is 11.8 Å². The van der Waals surface area contributed by atoms with E-state index in [1.165, 1.54) is 25.7 Å². The van der Waals surface area contributed by atoms with Crippen molar-refractivity contribution in [1.29, 1.82) is 0 Å². The molecule has 0 bridgehead atoms. The minimum absolute atomic E-state index is 0.244. The Morgan fingerprint density at radius 2 is 1.00 bits per heavy atom. The molecule has 2 unspecified atom stereocenters. The van der Waals surface area contributed by atoms with Crippen LogP contribution in [-0.2, 0) is 9.59 Å². The van der Waals surface area contributed by atoms with Gasteiger partial charge in [-0.05, 0) is 51.4 Å². The monoisotopic (exact) mass is 306 g/mol. The lowest BCUT2D eigenvalue weighted by molar-refractivity contribution is -0.126. The Bertz CT molecular complexity index is 362. The molecule has 0 spiro atoms. The maximum atomic E-state index is 12.3. The van der Waals surface area contributed by atoms with Crippen molar-refractivity contribution < 1.29 is 9.59 Å². The van der Waals surface area contributed by atoms with Crippen molar-refractivity contribution in [3.8, 4) is 0 Å². The molecule has 0 heterocycles. The molecule has 3 saturated carbocycles. The molecule has 0 aromatic carbocycles. The van der Waals surface area contributed by atoms with E-state index in [0.29, 0.717) is 0 Å². The van der Waals surface area contributed by atoms with Crippen LogP contribution in [0.4, 0.5) is 0 Å². The molecule has 3 aliphatic rings. The Morgan fingerprint density at radius 1 is 0.591 bits per heavy atom. The second-order valence-electron chi connectivity index (χ2n) is 7.54. The van der Waals surface area contributed by atoms with Crippen LogP contribution in [0.3, 0.4) is 0 Å². The first-order valence-corrected chi connectivity index (χ1v) is 9.33. The summed E-state index contributed by atoms with van der Waals surface area (Å²) < 4.78 is 0. The summed E-state index contributed by atoms with van der Waals surface area (Å²) in [5, 5.41) is 6.49. The van der Waals surface area contributed by atoms with Gasteiger partial charge in [0.1, 0.15) is 0 Å². The van der Waals surface area contributed by atoms with Crippen molar-refractivity contribution in [2.45, 2.75) is 89.1 Å². The van der Waals surface area contributed by atoms with E-state index in [2.05, 4.69) is 10.6 Å². The van der Waals surface area contributed by atoms with Gasteiger partial charge in [-0.3, -0.25) is 9.59 Å². The molecule has 0 aromatic heterocycles. The molecule has 0 aromatic rings. The summed E-state index contributed by atoms with van der Waals surface area (Å²) in [6.45, 7) is 0. The van der Waals surface area contributed by atoms with Crippen LogP contribution in [0.1, 0.15) is 77.0 Å². The summed E-state index contributed by atoms with van der Waals surface area (Å²) >= 11 is 0. The normalized spacial score (nSPS) is 30.4. The molecular formula is C18H30N2O2. The highest BCUT2D eigenvalue weighted by Crippen LogP contribution is 2.27. The molecule has 22 heavy (non-hydrogen) atoms. The minimum atomic E-state index is 0.244. The molecule has 4 heteroatoms.